The van der Waals surface area contributed by atoms with E-state index in [1.165, 1.54) is 18.2 Å². The zero-order valence-corrected chi connectivity index (χ0v) is 27.9. The van der Waals surface area contributed by atoms with Crippen molar-refractivity contribution < 1.29 is 72.3 Å². The molecule has 0 spiro atoms. The molecule has 18 nitrogen and oxygen atoms in total. The number of nitro benzene ring substituents is 1. The summed E-state index contributed by atoms with van der Waals surface area (Å²) >= 11 is 0. The van der Waals surface area contributed by atoms with E-state index in [2.05, 4.69) is 0 Å². The summed E-state index contributed by atoms with van der Waals surface area (Å²) in [4.78, 5) is 71.1. The number of nitrogens with zero attached hydrogens (tertiary/aromatic N) is 3. The van der Waals surface area contributed by atoms with Gasteiger partial charge in [0.1, 0.15) is 62.2 Å². The van der Waals surface area contributed by atoms with Gasteiger partial charge in [0.15, 0.2) is 17.4 Å². The van der Waals surface area contributed by atoms with Crippen LogP contribution in [0, 0.1) is 21.7 Å². The third kappa shape index (κ3) is 8.93. The second-order valence-electron chi connectivity index (χ2n) is 11.6. The van der Waals surface area contributed by atoms with Crippen molar-refractivity contribution >= 4 is 51.9 Å². The lowest BCUT2D eigenvalue weighted by Crippen LogP contribution is -2.35. The molecule has 0 fully saturated rings. The molecule has 0 unspecified atom stereocenters. The van der Waals surface area contributed by atoms with Crippen LogP contribution in [0.25, 0.3) is 33.4 Å². The van der Waals surface area contributed by atoms with E-state index in [-0.39, 0.29) is 56.3 Å². The lowest BCUT2D eigenvalue weighted by atomic mass is 9.93. The molecule has 0 aromatic heterocycles. The van der Waals surface area contributed by atoms with E-state index in [1.54, 1.807) is 0 Å². The molecule has 1 aliphatic heterocycles. The number of aromatic hydroxyl groups is 1. The first kappa shape index (κ1) is 38.7. The van der Waals surface area contributed by atoms with Crippen LogP contribution in [0.1, 0.15) is 0 Å². The number of carboxylic acids is 4. The number of ether oxygens (including phenoxy) is 2. The Morgan fingerprint density at radius 3 is 1.78 bits per heavy atom. The van der Waals surface area contributed by atoms with Gasteiger partial charge in [-0.25, -0.2) is 8.78 Å². The highest BCUT2D eigenvalue weighted by Gasteiger charge is 2.25. The molecule has 20 heteroatoms. The van der Waals surface area contributed by atoms with Gasteiger partial charge in [0.05, 0.1) is 22.4 Å². The number of hydrogen-bond donors (Lipinski definition) is 5. The topological polar surface area (TPSA) is 268 Å². The van der Waals surface area contributed by atoms with Crippen molar-refractivity contribution in [2.45, 2.75) is 0 Å². The smallest absolute Gasteiger partial charge is 0.323 e. The van der Waals surface area contributed by atoms with E-state index < -0.39 is 96.7 Å². The molecule has 3 aromatic carbocycles. The fourth-order valence-corrected chi connectivity index (χ4v) is 5.66. The highest BCUT2D eigenvalue weighted by atomic mass is 19.1. The van der Waals surface area contributed by atoms with Gasteiger partial charge in [-0.15, -0.1) is 0 Å². The minimum atomic E-state index is -1.43. The van der Waals surface area contributed by atoms with Crippen LogP contribution >= 0.6 is 0 Å². The fraction of sp³-hybridized carbons (Fsp3) is 0.171. The quantitative estimate of drug-likeness (QED) is 0.0389. The predicted octanol–water partition coefficient (Wildman–Crippen LogP) is 3.87. The summed E-state index contributed by atoms with van der Waals surface area (Å²) in [5.41, 5.74) is -1.73. The summed E-state index contributed by atoms with van der Waals surface area (Å²) in [7, 11) is 0. The molecule has 5 rings (SSSR count). The highest BCUT2D eigenvalue weighted by Crippen LogP contribution is 2.44. The van der Waals surface area contributed by atoms with Gasteiger partial charge in [-0.3, -0.25) is 34.1 Å². The summed E-state index contributed by atoms with van der Waals surface area (Å²) in [6.07, 6.45) is 0. The molecule has 0 saturated heterocycles. The first-order valence-corrected chi connectivity index (χ1v) is 15.7. The fourth-order valence-electron chi connectivity index (χ4n) is 5.66. The molecule has 1 heterocycles. The normalized spacial score (nSPS) is 10.9. The van der Waals surface area contributed by atoms with Crippen LogP contribution in [0.4, 0.5) is 25.8 Å². The van der Waals surface area contributed by atoms with Gasteiger partial charge in [-0.1, -0.05) is 6.07 Å². The Labute approximate surface area is 305 Å². The number of halogens is 2. The summed E-state index contributed by atoms with van der Waals surface area (Å²) in [6, 6.07) is 10.4. The first-order chi connectivity index (χ1) is 26.0. The van der Waals surface area contributed by atoms with Gasteiger partial charge >= 0.3 is 23.9 Å². The van der Waals surface area contributed by atoms with Crippen LogP contribution in [-0.4, -0.2) is 93.7 Å². The Kier molecular flexibility index (Phi) is 11.3. The Morgan fingerprint density at radius 1 is 0.727 bits per heavy atom. The van der Waals surface area contributed by atoms with E-state index in [9.17, 15) is 68.4 Å². The van der Waals surface area contributed by atoms with Crippen molar-refractivity contribution in [3.63, 3.8) is 0 Å². The van der Waals surface area contributed by atoms with Crippen molar-refractivity contribution in [1.29, 1.82) is 0 Å². The highest BCUT2D eigenvalue weighted by molar-refractivity contribution is 6.02. The number of fused-ring (bicyclic) bond motifs is 2. The van der Waals surface area contributed by atoms with Crippen molar-refractivity contribution in [2.24, 2.45) is 0 Å². The second kappa shape index (κ2) is 16.0. The molecular weight excluding hydrogens is 740 g/mol. The van der Waals surface area contributed by atoms with Crippen molar-refractivity contribution in [3.8, 4) is 39.7 Å². The van der Waals surface area contributed by atoms with Crippen LogP contribution in [0.3, 0.4) is 0 Å². The minimum absolute atomic E-state index is 0.0127. The number of benzene rings is 4. The SMILES string of the molecule is O=C(O)CN(CC(=O)O)c1ccc(-c2c3cc(F)c(=O)cc-3oc3cc(O)c(F)cc23)cc1OCCOc1cc([N+](=O)[O-])ccc1N(CC(=O)O)CC(=O)O. The Bertz CT molecular complexity index is 2350. The van der Waals surface area contributed by atoms with E-state index in [4.69, 9.17) is 13.9 Å². The van der Waals surface area contributed by atoms with Gasteiger partial charge in [0.2, 0.25) is 5.43 Å². The maximum atomic E-state index is 14.7. The summed E-state index contributed by atoms with van der Waals surface area (Å²) in [6.45, 7) is -4.26. The number of rotatable bonds is 17. The number of phenolic OH excluding ortho intramolecular Hbond substituents is 1. The molecule has 0 amide bonds. The Balaban J connectivity index is 1.59. The van der Waals surface area contributed by atoms with E-state index in [1.807, 2.05) is 0 Å². The third-order valence-corrected chi connectivity index (χ3v) is 7.83. The number of non-ortho nitro benzene ring substituents is 1. The van der Waals surface area contributed by atoms with Gasteiger partial charge < -0.3 is 49.2 Å². The molecule has 5 N–H and O–H groups in total. The minimum Gasteiger partial charge on any atom is -0.505 e. The Hall–Kier alpha value is -7.51. The number of hydrogen-bond acceptors (Lipinski definition) is 13. The van der Waals surface area contributed by atoms with Gasteiger partial charge in [-0.2, -0.15) is 0 Å². The lowest BCUT2D eigenvalue weighted by Gasteiger charge is -2.25. The average Bonchev–Trinajstić information content (AvgIpc) is 3.09. The average molecular weight is 768 g/mol. The van der Waals surface area contributed by atoms with Crippen molar-refractivity contribution in [2.75, 3.05) is 49.2 Å². The number of carbonyl (C=O) groups is 4. The molecule has 55 heavy (non-hydrogen) atoms. The van der Waals surface area contributed by atoms with E-state index in [0.29, 0.717) is 0 Å². The molecule has 286 valence electrons. The van der Waals surface area contributed by atoms with Crippen molar-refractivity contribution in [1.82, 2.24) is 0 Å². The maximum Gasteiger partial charge on any atom is 0.323 e. The lowest BCUT2D eigenvalue weighted by molar-refractivity contribution is -0.384. The number of aliphatic carboxylic acids is 4. The van der Waals surface area contributed by atoms with Crippen LogP contribution in [0.15, 0.2) is 69.9 Å². The molecule has 2 aliphatic rings. The standard InChI is InChI=1S/C35H27F2N3O15/c36-21-9-19-27(11-25(21)41)55-28-12-26(42)22(37)10-20(28)35(19)17-1-3-23(38(13-31(43)44)14-32(45)46)29(7-17)53-5-6-54-30-8-18(40(51)52)2-4-24(30)39(15-33(47)48)16-34(49)50/h1-4,7-12,41H,5-6,13-16H2,(H,43,44)(H,45,46)(H,47,48)(H,49,50). The summed E-state index contributed by atoms with van der Waals surface area (Å²) < 4.78 is 46.7. The predicted molar refractivity (Wildman–Crippen MR) is 185 cm³/mol. The zero-order valence-electron chi connectivity index (χ0n) is 27.9. The Morgan fingerprint density at radius 2 is 1.25 bits per heavy atom. The maximum absolute atomic E-state index is 14.7. The van der Waals surface area contributed by atoms with Gasteiger partial charge in [0.25, 0.3) is 5.69 Å². The van der Waals surface area contributed by atoms with Crippen LogP contribution in [0.5, 0.6) is 17.2 Å². The first-order valence-electron chi connectivity index (χ1n) is 15.7. The summed E-state index contributed by atoms with van der Waals surface area (Å²) in [5, 5.41) is 59.3. The van der Waals surface area contributed by atoms with Crippen molar-refractivity contribution in [3.05, 3.63) is 92.6 Å². The van der Waals surface area contributed by atoms with Crippen LogP contribution < -0.4 is 24.7 Å². The van der Waals surface area contributed by atoms with E-state index in [0.717, 1.165) is 52.3 Å². The monoisotopic (exact) mass is 767 g/mol. The molecule has 0 atom stereocenters. The largest absolute Gasteiger partial charge is 0.505 e. The number of carboxylic acid groups (broad SMARTS) is 4. The van der Waals surface area contributed by atoms with Crippen LogP contribution in [0.2, 0.25) is 0 Å². The number of phenols is 1. The van der Waals surface area contributed by atoms with E-state index >= 15 is 0 Å². The summed E-state index contributed by atoms with van der Waals surface area (Å²) in [5.74, 6) is -9.44. The molecule has 1 aliphatic carbocycles. The molecular formula is C35H27F2N3O15. The molecule has 0 bridgehead atoms. The number of anilines is 2. The molecule has 0 saturated carbocycles. The van der Waals surface area contributed by atoms with Gasteiger partial charge in [0, 0.05) is 34.7 Å². The third-order valence-electron chi connectivity index (χ3n) is 7.83. The van der Waals surface area contributed by atoms with Gasteiger partial charge in [-0.05, 0) is 35.9 Å². The molecule has 0 radical (unpaired) electrons. The molecule has 3 aromatic rings. The van der Waals surface area contributed by atoms with Crippen LogP contribution in [-0.2, 0) is 19.2 Å². The second-order valence-corrected chi connectivity index (χ2v) is 11.6. The zero-order chi connectivity index (χ0) is 40.1. The number of nitro groups is 1.